The predicted molar refractivity (Wildman–Crippen MR) is 143 cm³/mol. The molecule has 35 heavy (non-hydrogen) atoms. The molecule has 0 aliphatic heterocycles. The molecule has 7 nitrogen and oxygen atoms in total. The highest BCUT2D eigenvalue weighted by Crippen LogP contribution is 2.20. The van der Waals surface area contributed by atoms with Gasteiger partial charge in [0.1, 0.15) is 6.04 Å². The lowest BCUT2D eigenvalue weighted by Gasteiger charge is -2.29. The number of benzene rings is 2. The molecule has 1 atom stereocenters. The number of carbonyl (C=O) groups excluding carboxylic acids is 2. The molecule has 0 fully saturated rings. The third-order valence-corrected chi connectivity index (χ3v) is 6.54. The maximum Gasteiger partial charge on any atom is 0.246 e. The fourth-order valence-electron chi connectivity index (χ4n) is 3.61. The van der Waals surface area contributed by atoms with Crippen LogP contribution in [0.25, 0.3) is 0 Å². The van der Waals surface area contributed by atoms with Crippen molar-refractivity contribution in [3.63, 3.8) is 0 Å². The highest BCUT2D eigenvalue weighted by atomic mass is 32.2. The Kier molecular flexibility index (Phi) is 8.87. The SMILES string of the molecule is Cc1cc(C)nc(SCC(=O)N(Cc2ccccc2C)C(C)C(=O)Nc2ccc(N(C)C)cc2)n1. The summed E-state index contributed by atoms with van der Waals surface area (Å²) in [6.07, 6.45) is 0. The number of hydrogen-bond acceptors (Lipinski definition) is 6. The molecule has 184 valence electrons. The number of aromatic nitrogens is 2. The fourth-order valence-corrected chi connectivity index (χ4v) is 4.45. The fraction of sp³-hybridized carbons (Fsp3) is 0.333. The number of carbonyl (C=O) groups is 2. The van der Waals surface area contributed by atoms with E-state index in [0.717, 1.165) is 28.2 Å². The Morgan fingerprint density at radius 3 is 2.20 bits per heavy atom. The van der Waals surface area contributed by atoms with E-state index in [1.54, 1.807) is 11.8 Å². The first kappa shape index (κ1) is 26.2. The third kappa shape index (κ3) is 7.29. The van der Waals surface area contributed by atoms with Crippen molar-refractivity contribution in [2.75, 3.05) is 30.1 Å². The summed E-state index contributed by atoms with van der Waals surface area (Å²) in [5.41, 5.74) is 5.52. The minimum absolute atomic E-state index is 0.143. The zero-order valence-electron chi connectivity index (χ0n) is 21.2. The van der Waals surface area contributed by atoms with Crippen LogP contribution in [0.3, 0.4) is 0 Å². The van der Waals surface area contributed by atoms with Crippen molar-refractivity contribution in [3.05, 3.63) is 77.1 Å². The predicted octanol–water partition coefficient (Wildman–Crippen LogP) is 4.62. The molecule has 3 aromatic rings. The van der Waals surface area contributed by atoms with E-state index >= 15 is 0 Å². The Morgan fingerprint density at radius 1 is 0.971 bits per heavy atom. The van der Waals surface area contributed by atoms with Gasteiger partial charge in [0, 0.05) is 43.4 Å². The summed E-state index contributed by atoms with van der Waals surface area (Å²) in [5, 5.41) is 3.51. The highest BCUT2D eigenvalue weighted by molar-refractivity contribution is 7.99. The van der Waals surface area contributed by atoms with Gasteiger partial charge in [0.25, 0.3) is 0 Å². The van der Waals surface area contributed by atoms with Crippen molar-refractivity contribution in [3.8, 4) is 0 Å². The van der Waals surface area contributed by atoms with Crippen LogP contribution in [0.2, 0.25) is 0 Å². The molecule has 0 radical (unpaired) electrons. The minimum Gasteiger partial charge on any atom is -0.378 e. The summed E-state index contributed by atoms with van der Waals surface area (Å²) in [5.74, 6) is -0.243. The average molecular weight is 492 g/mol. The van der Waals surface area contributed by atoms with Crippen LogP contribution >= 0.6 is 11.8 Å². The third-order valence-electron chi connectivity index (χ3n) is 5.71. The van der Waals surface area contributed by atoms with Crippen molar-refractivity contribution >= 4 is 35.0 Å². The molecule has 1 unspecified atom stereocenters. The van der Waals surface area contributed by atoms with Crippen molar-refractivity contribution in [1.29, 1.82) is 0 Å². The molecule has 0 bridgehead atoms. The quantitative estimate of drug-likeness (QED) is 0.348. The molecule has 1 N–H and O–H groups in total. The van der Waals surface area contributed by atoms with Gasteiger partial charge < -0.3 is 15.1 Å². The van der Waals surface area contributed by atoms with Crippen LogP contribution in [0.15, 0.2) is 59.8 Å². The first-order chi connectivity index (χ1) is 16.6. The maximum atomic E-state index is 13.4. The monoisotopic (exact) mass is 491 g/mol. The molecule has 0 spiro atoms. The zero-order valence-corrected chi connectivity index (χ0v) is 22.0. The Balaban J connectivity index is 1.77. The molecule has 0 aliphatic carbocycles. The van der Waals surface area contributed by atoms with Gasteiger partial charge in [0.15, 0.2) is 5.16 Å². The van der Waals surface area contributed by atoms with Gasteiger partial charge in [0.2, 0.25) is 11.8 Å². The maximum absolute atomic E-state index is 13.4. The van der Waals surface area contributed by atoms with Gasteiger partial charge in [-0.25, -0.2) is 9.97 Å². The van der Waals surface area contributed by atoms with Crippen LogP contribution in [0.5, 0.6) is 0 Å². The van der Waals surface area contributed by atoms with E-state index in [0.29, 0.717) is 17.4 Å². The minimum atomic E-state index is -0.670. The number of nitrogens with zero attached hydrogens (tertiary/aromatic N) is 4. The molecular formula is C27H33N5O2S. The Hall–Kier alpha value is -3.39. The second kappa shape index (κ2) is 11.8. The van der Waals surface area contributed by atoms with Crippen LogP contribution in [-0.2, 0) is 16.1 Å². The van der Waals surface area contributed by atoms with Gasteiger partial charge in [-0.1, -0.05) is 36.0 Å². The van der Waals surface area contributed by atoms with Crippen molar-refractivity contribution in [2.45, 2.75) is 45.4 Å². The Morgan fingerprint density at radius 2 is 1.60 bits per heavy atom. The van der Waals surface area contributed by atoms with Crippen LogP contribution in [0.1, 0.15) is 29.4 Å². The molecule has 1 heterocycles. The molecule has 8 heteroatoms. The van der Waals surface area contributed by atoms with Gasteiger partial charge in [-0.3, -0.25) is 9.59 Å². The summed E-state index contributed by atoms with van der Waals surface area (Å²) in [4.78, 5) is 39.0. The second-order valence-electron chi connectivity index (χ2n) is 8.78. The molecule has 0 aliphatic rings. The smallest absolute Gasteiger partial charge is 0.246 e. The van der Waals surface area contributed by atoms with Crippen molar-refractivity contribution in [1.82, 2.24) is 14.9 Å². The Labute approximate surface area is 212 Å². The van der Waals surface area contributed by atoms with E-state index in [1.807, 2.05) is 94.4 Å². The molecule has 3 rings (SSSR count). The largest absolute Gasteiger partial charge is 0.378 e. The van der Waals surface area contributed by atoms with Gasteiger partial charge in [-0.15, -0.1) is 0 Å². The summed E-state index contributed by atoms with van der Waals surface area (Å²) < 4.78 is 0. The number of rotatable bonds is 9. The van der Waals surface area contributed by atoms with Crippen LogP contribution in [-0.4, -0.2) is 52.6 Å². The molecule has 0 saturated heterocycles. The van der Waals surface area contributed by atoms with Crippen LogP contribution < -0.4 is 10.2 Å². The average Bonchev–Trinajstić information content (AvgIpc) is 2.81. The number of anilines is 2. The summed E-state index contributed by atoms with van der Waals surface area (Å²) in [6.45, 7) is 7.92. The molecule has 0 saturated carbocycles. The van der Waals surface area contributed by atoms with E-state index in [-0.39, 0.29) is 17.6 Å². The second-order valence-corrected chi connectivity index (χ2v) is 9.72. The van der Waals surface area contributed by atoms with Crippen molar-refractivity contribution in [2.24, 2.45) is 0 Å². The standard InChI is InChI=1S/C27H33N5O2S/c1-18-9-7-8-10-22(18)16-32(25(33)17-35-27-28-19(2)15-20(3)29-27)21(4)26(34)30-23-11-13-24(14-12-23)31(5)6/h7-15,21H,16-17H2,1-6H3,(H,30,34). The van der Waals surface area contributed by atoms with Gasteiger partial charge >= 0.3 is 0 Å². The van der Waals surface area contributed by atoms with Crippen molar-refractivity contribution < 1.29 is 9.59 Å². The summed E-state index contributed by atoms with van der Waals surface area (Å²) in [7, 11) is 3.93. The first-order valence-corrected chi connectivity index (χ1v) is 12.5. The highest BCUT2D eigenvalue weighted by Gasteiger charge is 2.27. The van der Waals surface area contributed by atoms with Gasteiger partial charge in [-0.2, -0.15) is 0 Å². The zero-order chi connectivity index (χ0) is 25.5. The lowest BCUT2D eigenvalue weighted by molar-refractivity contribution is -0.136. The Bertz CT molecular complexity index is 1160. The van der Waals surface area contributed by atoms with Crippen LogP contribution in [0, 0.1) is 20.8 Å². The lowest BCUT2D eigenvalue weighted by Crippen LogP contribution is -2.46. The van der Waals surface area contributed by atoms with E-state index in [2.05, 4.69) is 15.3 Å². The number of hydrogen-bond donors (Lipinski definition) is 1. The molecular weight excluding hydrogens is 458 g/mol. The molecule has 2 aromatic carbocycles. The number of thioether (sulfide) groups is 1. The topological polar surface area (TPSA) is 78.4 Å². The molecule has 1 aromatic heterocycles. The van der Waals surface area contributed by atoms with E-state index in [9.17, 15) is 9.59 Å². The first-order valence-electron chi connectivity index (χ1n) is 11.5. The lowest BCUT2D eigenvalue weighted by atomic mass is 10.1. The molecule has 2 amide bonds. The van der Waals surface area contributed by atoms with E-state index in [1.165, 1.54) is 11.8 Å². The van der Waals surface area contributed by atoms with Gasteiger partial charge in [-0.05, 0) is 69.2 Å². The van der Waals surface area contributed by atoms with Gasteiger partial charge in [0.05, 0.1) is 5.75 Å². The normalized spacial score (nSPS) is 11.6. The van der Waals surface area contributed by atoms with E-state index in [4.69, 9.17) is 0 Å². The van der Waals surface area contributed by atoms with Crippen LogP contribution in [0.4, 0.5) is 11.4 Å². The summed E-state index contributed by atoms with van der Waals surface area (Å²) in [6, 6.07) is 16.7. The van der Waals surface area contributed by atoms with E-state index < -0.39 is 6.04 Å². The number of nitrogens with one attached hydrogen (secondary N) is 1. The number of amides is 2. The summed E-state index contributed by atoms with van der Waals surface area (Å²) >= 11 is 1.29. The number of aryl methyl sites for hydroxylation is 3.